The zero-order valence-corrected chi connectivity index (χ0v) is 13.4. The largest absolute Gasteiger partial charge is 0.481 e. The van der Waals surface area contributed by atoms with Crippen LogP contribution in [-0.4, -0.2) is 66.0 Å². The number of morpholine rings is 1. The molecule has 2 aliphatic heterocycles. The fourth-order valence-corrected chi connectivity index (χ4v) is 5.16. The van der Waals surface area contributed by atoms with Crippen LogP contribution in [0.1, 0.15) is 39.5 Å². The molecular formula is C13H24N2O5S. The summed E-state index contributed by atoms with van der Waals surface area (Å²) in [7, 11) is -3.62. The molecule has 2 rings (SSSR count). The van der Waals surface area contributed by atoms with Crippen LogP contribution >= 0.6 is 0 Å². The average molecular weight is 320 g/mol. The van der Waals surface area contributed by atoms with Gasteiger partial charge >= 0.3 is 5.97 Å². The Morgan fingerprint density at radius 1 is 1.24 bits per heavy atom. The van der Waals surface area contributed by atoms with Crippen molar-refractivity contribution in [2.45, 2.75) is 57.8 Å². The molecule has 0 spiro atoms. The molecule has 2 saturated heterocycles. The summed E-state index contributed by atoms with van der Waals surface area (Å²) in [5.41, 5.74) is 0. The van der Waals surface area contributed by atoms with Gasteiger partial charge in [-0.15, -0.1) is 0 Å². The fraction of sp³-hybridized carbons (Fsp3) is 0.923. The van der Waals surface area contributed by atoms with E-state index in [-0.39, 0.29) is 18.6 Å². The summed E-state index contributed by atoms with van der Waals surface area (Å²) >= 11 is 0. The third-order valence-corrected chi connectivity index (χ3v) is 6.02. The summed E-state index contributed by atoms with van der Waals surface area (Å²) in [6.45, 7) is 4.75. The van der Waals surface area contributed by atoms with Crippen molar-refractivity contribution in [2.75, 3.05) is 19.6 Å². The maximum Gasteiger partial charge on any atom is 0.304 e. The van der Waals surface area contributed by atoms with Gasteiger partial charge in [0.25, 0.3) is 10.2 Å². The van der Waals surface area contributed by atoms with Crippen LogP contribution in [0.5, 0.6) is 0 Å². The zero-order chi connectivity index (χ0) is 15.6. The average Bonchev–Trinajstić information content (AvgIpc) is 2.37. The fourth-order valence-electron chi connectivity index (χ4n) is 3.15. The van der Waals surface area contributed by atoms with Gasteiger partial charge in [0.05, 0.1) is 18.6 Å². The van der Waals surface area contributed by atoms with Crippen molar-refractivity contribution in [3.8, 4) is 0 Å². The Labute approximate surface area is 126 Å². The Balaban J connectivity index is 2.17. The summed E-state index contributed by atoms with van der Waals surface area (Å²) in [5, 5.41) is 8.99. The second kappa shape index (κ2) is 6.60. The van der Waals surface area contributed by atoms with Crippen LogP contribution in [-0.2, 0) is 19.7 Å². The molecule has 0 amide bonds. The van der Waals surface area contributed by atoms with Crippen LogP contribution in [0.2, 0.25) is 0 Å². The second-order valence-corrected chi connectivity index (χ2v) is 7.82. The Morgan fingerprint density at radius 3 is 2.43 bits per heavy atom. The van der Waals surface area contributed by atoms with Crippen LogP contribution in [0.3, 0.4) is 0 Å². The monoisotopic (exact) mass is 320 g/mol. The number of carbonyl (C=O) groups is 1. The van der Waals surface area contributed by atoms with E-state index in [1.54, 1.807) is 0 Å². The molecule has 3 unspecified atom stereocenters. The van der Waals surface area contributed by atoms with Crippen molar-refractivity contribution in [1.29, 1.82) is 0 Å². The lowest BCUT2D eigenvalue weighted by Gasteiger charge is -2.41. The van der Waals surface area contributed by atoms with E-state index >= 15 is 0 Å². The van der Waals surface area contributed by atoms with Gasteiger partial charge < -0.3 is 9.84 Å². The first kappa shape index (κ1) is 16.7. The minimum absolute atomic E-state index is 0.130. The molecule has 2 heterocycles. The van der Waals surface area contributed by atoms with Crippen LogP contribution < -0.4 is 0 Å². The molecule has 0 radical (unpaired) electrons. The second-order valence-electron chi connectivity index (χ2n) is 5.94. The summed E-state index contributed by atoms with van der Waals surface area (Å²) in [4.78, 5) is 11.0. The number of rotatable bonds is 4. The maximum absolute atomic E-state index is 12.8. The van der Waals surface area contributed by atoms with E-state index in [1.165, 1.54) is 8.61 Å². The van der Waals surface area contributed by atoms with Crippen molar-refractivity contribution < 1.29 is 23.1 Å². The van der Waals surface area contributed by atoms with Gasteiger partial charge in [-0.05, 0) is 26.7 Å². The van der Waals surface area contributed by atoms with E-state index < -0.39 is 22.2 Å². The van der Waals surface area contributed by atoms with Gasteiger partial charge in [-0.2, -0.15) is 17.0 Å². The molecule has 0 aromatic rings. The summed E-state index contributed by atoms with van der Waals surface area (Å²) < 4.78 is 34.0. The smallest absolute Gasteiger partial charge is 0.304 e. The Hall–Kier alpha value is -0.700. The Bertz CT molecular complexity index is 471. The molecule has 0 aliphatic carbocycles. The quantitative estimate of drug-likeness (QED) is 0.822. The Morgan fingerprint density at radius 2 is 1.86 bits per heavy atom. The molecular weight excluding hydrogens is 296 g/mol. The van der Waals surface area contributed by atoms with Gasteiger partial charge in [-0.3, -0.25) is 4.79 Å². The molecule has 2 fully saturated rings. The van der Waals surface area contributed by atoms with Crippen molar-refractivity contribution in [1.82, 2.24) is 8.61 Å². The standard InChI is InChI=1S/C13H24N2O5S/c1-10-8-14(9-11(2)20-10)21(18,19)15-6-4-3-5-12(15)7-13(16)17/h10-12H,3-9H2,1-2H3,(H,16,17). The normalized spacial score (nSPS) is 33.0. The predicted molar refractivity (Wildman–Crippen MR) is 77.1 cm³/mol. The molecule has 2 aliphatic rings. The lowest BCUT2D eigenvalue weighted by molar-refractivity contribution is -0.138. The van der Waals surface area contributed by atoms with Gasteiger partial charge in [0.2, 0.25) is 0 Å². The van der Waals surface area contributed by atoms with Crippen molar-refractivity contribution in [2.24, 2.45) is 0 Å². The predicted octanol–water partition coefficient (Wildman–Crippen LogP) is 0.670. The molecule has 1 N–H and O–H groups in total. The molecule has 122 valence electrons. The van der Waals surface area contributed by atoms with E-state index in [4.69, 9.17) is 9.84 Å². The number of ether oxygens (including phenoxy) is 1. The number of carboxylic acids is 1. The van der Waals surface area contributed by atoms with E-state index in [1.807, 2.05) is 13.8 Å². The maximum atomic E-state index is 12.8. The number of hydrogen-bond acceptors (Lipinski definition) is 4. The first-order valence-corrected chi connectivity index (χ1v) is 8.84. The third-order valence-electron chi connectivity index (χ3n) is 3.99. The highest BCUT2D eigenvalue weighted by Gasteiger charge is 2.40. The van der Waals surface area contributed by atoms with Crippen LogP contribution in [0.25, 0.3) is 0 Å². The van der Waals surface area contributed by atoms with Crippen LogP contribution in [0.4, 0.5) is 0 Å². The number of carboxylic acid groups (broad SMARTS) is 1. The highest BCUT2D eigenvalue weighted by Crippen LogP contribution is 2.26. The van der Waals surface area contributed by atoms with Gasteiger partial charge in [0.15, 0.2) is 0 Å². The molecule has 7 nitrogen and oxygen atoms in total. The zero-order valence-electron chi connectivity index (χ0n) is 12.6. The highest BCUT2D eigenvalue weighted by molar-refractivity contribution is 7.86. The van der Waals surface area contributed by atoms with E-state index in [0.717, 1.165) is 12.8 Å². The lowest BCUT2D eigenvalue weighted by atomic mass is 10.0. The SMILES string of the molecule is CC1CN(S(=O)(=O)N2CCCCC2CC(=O)O)CC(C)O1. The molecule has 0 saturated carbocycles. The first-order chi connectivity index (χ1) is 9.80. The Kier molecular flexibility index (Phi) is 5.24. The molecule has 8 heteroatoms. The first-order valence-electron chi connectivity index (χ1n) is 7.45. The van der Waals surface area contributed by atoms with Crippen LogP contribution in [0, 0.1) is 0 Å². The topological polar surface area (TPSA) is 87.2 Å². The summed E-state index contributed by atoms with van der Waals surface area (Å²) in [6, 6.07) is -0.435. The van der Waals surface area contributed by atoms with Gasteiger partial charge in [0, 0.05) is 25.7 Å². The van der Waals surface area contributed by atoms with Crippen molar-refractivity contribution in [3.63, 3.8) is 0 Å². The minimum atomic E-state index is -3.62. The van der Waals surface area contributed by atoms with Gasteiger partial charge in [-0.25, -0.2) is 0 Å². The van der Waals surface area contributed by atoms with Gasteiger partial charge in [-0.1, -0.05) is 6.42 Å². The molecule has 0 bridgehead atoms. The molecule has 0 aromatic heterocycles. The number of hydrogen-bond donors (Lipinski definition) is 1. The number of aliphatic carboxylic acids is 1. The third kappa shape index (κ3) is 3.94. The molecule has 0 aromatic carbocycles. The van der Waals surface area contributed by atoms with E-state index in [9.17, 15) is 13.2 Å². The van der Waals surface area contributed by atoms with Crippen LogP contribution in [0.15, 0.2) is 0 Å². The van der Waals surface area contributed by atoms with Crippen molar-refractivity contribution in [3.05, 3.63) is 0 Å². The number of nitrogens with zero attached hydrogens (tertiary/aromatic N) is 2. The lowest BCUT2D eigenvalue weighted by Crippen LogP contribution is -2.56. The highest BCUT2D eigenvalue weighted by atomic mass is 32.2. The summed E-state index contributed by atoms with van der Waals surface area (Å²) in [6.07, 6.45) is 1.85. The molecule has 21 heavy (non-hydrogen) atoms. The minimum Gasteiger partial charge on any atom is -0.481 e. The van der Waals surface area contributed by atoms with Crippen molar-refractivity contribution >= 4 is 16.2 Å². The van der Waals surface area contributed by atoms with E-state index in [2.05, 4.69) is 0 Å². The van der Waals surface area contributed by atoms with Gasteiger partial charge in [0.1, 0.15) is 0 Å². The summed E-state index contributed by atoms with van der Waals surface area (Å²) in [5.74, 6) is -0.953. The number of piperidine rings is 1. The molecule has 3 atom stereocenters. The van der Waals surface area contributed by atoms with E-state index in [0.29, 0.717) is 26.1 Å².